The number of hydrogen-bond donors (Lipinski definition) is 6. The number of carbonyl (C=O) groups excluding carboxylic acids is 4. The number of carboxylic acid groups (broad SMARTS) is 2. The Hall–Kier alpha value is -3.44. The van der Waals surface area contributed by atoms with E-state index in [4.69, 9.17) is 10.2 Å². The third kappa shape index (κ3) is 13.4. The van der Waals surface area contributed by atoms with Crippen LogP contribution in [0.2, 0.25) is 0 Å². The highest BCUT2D eigenvalue weighted by atomic mass is 16.4. The molecule has 0 bridgehead atoms. The van der Waals surface area contributed by atoms with Crippen LogP contribution in [-0.4, -0.2) is 71.5 Å². The molecule has 0 fully saturated rings. The number of carboxylic acids is 2. The average Bonchev–Trinajstić information content (AvgIpc) is 2.65. The van der Waals surface area contributed by atoms with Crippen LogP contribution in [0.25, 0.3) is 0 Å². The third-order valence-corrected chi connectivity index (χ3v) is 3.41. The van der Waals surface area contributed by atoms with Gasteiger partial charge < -0.3 is 31.5 Å². The van der Waals surface area contributed by atoms with E-state index in [0.29, 0.717) is 6.42 Å². The monoisotopic (exact) mass is 414 g/mol. The molecule has 6 N–H and O–H groups in total. The van der Waals surface area contributed by atoms with Crippen molar-refractivity contribution in [1.82, 2.24) is 21.3 Å². The Morgan fingerprint density at radius 2 is 1.62 bits per heavy atom. The molecule has 0 aromatic carbocycles. The number of allylic oxidation sites excluding steroid dienone is 1. The summed E-state index contributed by atoms with van der Waals surface area (Å²) in [5.74, 6) is -4.45. The molecule has 12 nitrogen and oxygen atoms in total. The lowest BCUT2D eigenvalue weighted by molar-refractivity contribution is -0.139. The minimum absolute atomic E-state index is 0.226. The van der Waals surface area contributed by atoms with Gasteiger partial charge in [-0.25, -0.2) is 0 Å². The first-order valence-corrected chi connectivity index (χ1v) is 8.83. The van der Waals surface area contributed by atoms with Crippen LogP contribution >= 0.6 is 0 Å². The number of hydrogen-bond acceptors (Lipinski definition) is 6. The molecular weight excluding hydrogens is 388 g/mol. The van der Waals surface area contributed by atoms with E-state index in [-0.39, 0.29) is 19.3 Å². The maximum atomic E-state index is 12.2. The van der Waals surface area contributed by atoms with E-state index >= 15 is 0 Å². The van der Waals surface area contributed by atoms with Crippen LogP contribution in [0.15, 0.2) is 12.2 Å². The summed E-state index contributed by atoms with van der Waals surface area (Å²) in [5.41, 5.74) is 0. The molecule has 2 atom stereocenters. The van der Waals surface area contributed by atoms with Crippen LogP contribution in [-0.2, 0) is 28.8 Å². The molecular formula is C17H26N4O8. The van der Waals surface area contributed by atoms with Crippen molar-refractivity contribution in [3.05, 3.63) is 12.2 Å². The molecule has 0 saturated carbocycles. The van der Waals surface area contributed by atoms with Gasteiger partial charge in [-0.15, -0.1) is 0 Å². The topological polar surface area (TPSA) is 191 Å². The molecule has 162 valence electrons. The molecule has 0 aromatic heterocycles. The number of amides is 4. The molecule has 0 aliphatic rings. The summed E-state index contributed by atoms with van der Waals surface area (Å²) in [6.45, 7) is 0.939. The summed E-state index contributed by atoms with van der Waals surface area (Å²) in [5, 5.41) is 26.7. The van der Waals surface area contributed by atoms with E-state index in [9.17, 15) is 28.8 Å². The van der Waals surface area contributed by atoms with Crippen LogP contribution in [0.1, 0.15) is 32.6 Å². The van der Waals surface area contributed by atoms with Gasteiger partial charge in [0.25, 0.3) is 0 Å². The Labute approximate surface area is 167 Å². The Bertz CT molecular complexity index is 635. The Morgan fingerprint density at radius 3 is 2.17 bits per heavy atom. The summed E-state index contributed by atoms with van der Waals surface area (Å²) in [4.78, 5) is 67.6. The highest BCUT2D eigenvalue weighted by Crippen LogP contribution is 1.99. The molecule has 0 heterocycles. The average molecular weight is 414 g/mol. The first-order valence-electron chi connectivity index (χ1n) is 8.83. The third-order valence-electron chi connectivity index (χ3n) is 3.41. The lowest BCUT2D eigenvalue weighted by Gasteiger charge is -2.18. The fourth-order valence-electron chi connectivity index (χ4n) is 2.12. The number of carbonyl (C=O) groups is 6. The molecule has 0 radical (unpaired) electrons. The van der Waals surface area contributed by atoms with Gasteiger partial charge in [0.15, 0.2) is 0 Å². The standard InChI is InChI=1S/C17H26N4O8/c1-2-3-4-11(7-16(27)28)20-14(24)9-19-17(29)12(5-6-15(25)26)21-13(23)8-18-10-22/h3-4,10-12H,2,5-9H2,1H3,(H,18,22)(H,19,29)(H,20,24)(H,21,23)(H,25,26)(H,27,28)/b4-3+. The van der Waals surface area contributed by atoms with Gasteiger partial charge in [0.1, 0.15) is 6.04 Å². The van der Waals surface area contributed by atoms with E-state index in [2.05, 4.69) is 21.3 Å². The summed E-state index contributed by atoms with van der Waals surface area (Å²) in [7, 11) is 0. The van der Waals surface area contributed by atoms with Crippen molar-refractivity contribution in [2.45, 2.75) is 44.7 Å². The first kappa shape index (κ1) is 25.6. The second-order valence-corrected chi connectivity index (χ2v) is 5.88. The zero-order valence-electron chi connectivity index (χ0n) is 16.0. The van der Waals surface area contributed by atoms with E-state index < -0.39 is 61.3 Å². The van der Waals surface area contributed by atoms with Crippen LogP contribution < -0.4 is 21.3 Å². The van der Waals surface area contributed by atoms with Gasteiger partial charge in [-0.1, -0.05) is 19.1 Å². The van der Waals surface area contributed by atoms with Crippen molar-refractivity contribution in [2.24, 2.45) is 0 Å². The summed E-state index contributed by atoms with van der Waals surface area (Å²) in [6, 6.07) is -1.98. The van der Waals surface area contributed by atoms with Gasteiger partial charge in [-0.3, -0.25) is 28.8 Å². The van der Waals surface area contributed by atoms with Gasteiger partial charge in [-0.2, -0.15) is 0 Å². The maximum Gasteiger partial charge on any atom is 0.305 e. The predicted octanol–water partition coefficient (Wildman–Crippen LogP) is -1.88. The van der Waals surface area contributed by atoms with Crippen molar-refractivity contribution < 1.29 is 39.0 Å². The highest BCUT2D eigenvalue weighted by molar-refractivity contribution is 5.91. The molecule has 4 amide bonds. The van der Waals surface area contributed by atoms with E-state index in [1.807, 2.05) is 6.92 Å². The smallest absolute Gasteiger partial charge is 0.305 e. The Morgan fingerprint density at radius 1 is 0.966 bits per heavy atom. The summed E-state index contributed by atoms with van der Waals surface area (Å²) >= 11 is 0. The van der Waals surface area contributed by atoms with Crippen LogP contribution in [0.4, 0.5) is 0 Å². The molecule has 29 heavy (non-hydrogen) atoms. The minimum atomic E-state index is -1.23. The van der Waals surface area contributed by atoms with E-state index in [1.165, 1.54) is 6.08 Å². The maximum absolute atomic E-state index is 12.2. The van der Waals surface area contributed by atoms with Gasteiger partial charge in [0.2, 0.25) is 24.1 Å². The molecule has 0 rings (SSSR count). The fourth-order valence-corrected chi connectivity index (χ4v) is 2.12. The minimum Gasteiger partial charge on any atom is -0.481 e. The van der Waals surface area contributed by atoms with E-state index in [0.717, 1.165) is 0 Å². The molecule has 0 saturated heterocycles. The van der Waals surface area contributed by atoms with Crippen molar-refractivity contribution in [3.8, 4) is 0 Å². The van der Waals surface area contributed by atoms with Crippen LogP contribution in [0, 0.1) is 0 Å². The van der Waals surface area contributed by atoms with Crippen molar-refractivity contribution in [3.63, 3.8) is 0 Å². The zero-order chi connectivity index (χ0) is 22.2. The van der Waals surface area contributed by atoms with Crippen molar-refractivity contribution in [2.75, 3.05) is 13.1 Å². The molecule has 0 spiro atoms. The van der Waals surface area contributed by atoms with Crippen molar-refractivity contribution in [1.29, 1.82) is 0 Å². The van der Waals surface area contributed by atoms with Crippen LogP contribution in [0.5, 0.6) is 0 Å². The normalized spacial score (nSPS) is 12.4. The Kier molecular flexibility index (Phi) is 12.9. The van der Waals surface area contributed by atoms with Gasteiger partial charge in [0.05, 0.1) is 25.6 Å². The second-order valence-electron chi connectivity index (χ2n) is 5.88. The highest BCUT2D eigenvalue weighted by Gasteiger charge is 2.22. The van der Waals surface area contributed by atoms with Crippen LogP contribution in [0.3, 0.4) is 0 Å². The lowest BCUT2D eigenvalue weighted by Crippen LogP contribution is -2.51. The quantitative estimate of drug-likeness (QED) is 0.132. The lowest BCUT2D eigenvalue weighted by atomic mass is 10.1. The van der Waals surface area contributed by atoms with Gasteiger partial charge in [-0.05, 0) is 12.8 Å². The van der Waals surface area contributed by atoms with Gasteiger partial charge >= 0.3 is 11.9 Å². The van der Waals surface area contributed by atoms with Crippen molar-refractivity contribution >= 4 is 36.1 Å². The second kappa shape index (κ2) is 14.6. The Balaban J connectivity index is 4.78. The fraction of sp³-hybridized carbons (Fsp3) is 0.529. The first-order chi connectivity index (χ1) is 13.7. The summed E-state index contributed by atoms with van der Waals surface area (Å²) in [6.07, 6.45) is 3.19. The number of nitrogens with one attached hydrogen (secondary N) is 4. The van der Waals surface area contributed by atoms with Gasteiger partial charge in [0, 0.05) is 6.42 Å². The summed E-state index contributed by atoms with van der Waals surface area (Å²) < 4.78 is 0. The molecule has 0 aliphatic heterocycles. The largest absolute Gasteiger partial charge is 0.481 e. The van der Waals surface area contributed by atoms with E-state index in [1.54, 1.807) is 6.08 Å². The number of aliphatic carboxylic acids is 2. The molecule has 0 aromatic rings. The molecule has 2 unspecified atom stereocenters. The molecule has 0 aliphatic carbocycles. The SMILES string of the molecule is CC/C=C/C(CC(=O)O)NC(=O)CNC(=O)C(CCC(=O)O)NC(=O)CNC=O. The number of rotatable bonds is 15. The molecule has 12 heteroatoms. The zero-order valence-corrected chi connectivity index (χ0v) is 16.0. The predicted molar refractivity (Wildman–Crippen MR) is 99.5 cm³/mol.